The highest BCUT2D eigenvalue weighted by Gasteiger charge is 2.20. The van der Waals surface area contributed by atoms with Gasteiger partial charge in [0.2, 0.25) is 5.78 Å². The van der Waals surface area contributed by atoms with Crippen molar-refractivity contribution in [2.24, 2.45) is 11.0 Å². The number of methoxy groups -OCH3 is 2. The van der Waals surface area contributed by atoms with Crippen molar-refractivity contribution >= 4 is 17.9 Å². The summed E-state index contributed by atoms with van der Waals surface area (Å²) < 4.78 is 10.5. The molecule has 2 aromatic rings. The topological polar surface area (TPSA) is 81.4 Å². The average molecular weight is 406 g/mol. The molecular formula is C23H24N3O4+. The van der Waals surface area contributed by atoms with Crippen LogP contribution in [0.3, 0.4) is 0 Å². The van der Waals surface area contributed by atoms with Gasteiger partial charge in [-0.1, -0.05) is 30.3 Å². The summed E-state index contributed by atoms with van der Waals surface area (Å²) >= 11 is 0. The maximum absolute atomic E-state index is 12.4. The summed E-state index contributed by atoms with van der Waals surface area (Å²) in [5.41, 5.74) is 3.88. The third-order valence-corrected chi connectivity index (χ3v) is 4.61. The van der Waals surface area contributed by atoms with Gasteiger partial charge < -0.3 is 9.47 Å². The summed E-state index contributed by atoms with van der Waals surface area (Å²) in [7, 11) is 3.14. The monoisotopic (exact) mass is 406 g/mol. The number of hydrogen-bond acceptors (Lipinski definition) is 5. The van der Waals surface area contributed by atoms with Crippen LogP contribution in [0.25, 0.3) is 0 Å². The predicted molar refractivity (Wildman–Crippen MR) is 114 cm³/mol. The molecule has 30 heavy (non-hydrogen) atoms. The molecule has 1 aliphatic heterocycles. The van der Waals surface area contributed by atoms with Crippen LogP contribution in [-0.4, -0.2) is 38.7 Å². The Morgan fingerprint density at radius 2 is 1.80 bits per heavy atom. The Kier molecular flexibility index (Phi) is 7.13. The molecule has 7 heteroatoms. The minimum atomic E-state index is -0.454. The van der Waals surface area contributed by atoms with Crippen molar-refractivity contribution in [1.82, 2.24) is 5.43 Å². The lowest BCUT2D eigenvalue weighted by atomic mass is 10.1. The van der Waals surface area contributed by atoms with Crippen molar-refractivity contribution in [2.45, 2.75) is 0 Å². The standard InChI is InChI=1S/C23H23N3O4/c1-29-20-8-9-22(30-2)19(14-20)15-24-25-23(28)18-10-12-26(13-11-18)16-21(27)17-6-4-3-5-7-17/h3-15,18H,16H2,1-2H3,(H,25,28)/p+1/b24-15+. The molecule has 0 bridgehead atoms. The van der Waals surface area contributed by atoms with Crippen LogP contribution in [-0.2, 0) is 4.79 Å². The lowest BCUT2D eigenvalue weighted by Gasteiger charge is -2.15. The van der Waals surface area contributed by atoms with Crippen molar-refractivity contribution in [3.63, 3.8) is 0 Å². The summed E-state index contributed by atoms with van der Waals surface area (Å²) in [6.07, 6.45) is 8.63. The van der Waals surface area contributed by atoms with Crippen LogP contribution < -0.4 is 19.8 Å². The molecule has 0 spiro atoms. The van der Waals surface area contributed by atoms with Gasteiger partial charge in [0.05, 0.1) is 38.8 Å². The Balaban J connectivity index is 1.54. The molecule has 2 aromatic carbocycles. The molecule has 0 atom stereocenters. The number of rotatable bonds is 8. The minimum absolute atomic E-state index is 0.0413. The van der Waals surface area contributed by atoms with Gasteiger partial charge in [-0.3, -0.25) is 14.5 Å². The van der Waals surface area contributed by atoms with Crippen molar-refractivity contribution in [3.05, 3.63) is 84.2 Å². The number of nitrogens with one attached hydrogen (secondary N) is 2. The molecule has 0 radical (unpaired) electrons. The van der Waals surface area contributed by atoms with E-state index < -0.39 is 5.92 Å². The van der Waals surface area contributed by atoms with Gasteiger partial charge in [-0.2, -0.15) is 5.10 Å². The highest BCUT2D eigenvalue weighted by molar-refractivity contribution is 5.96. The molecule has 0 aromatic heterocycles. The van der Waals surface area contributed by atoms with Gasteiger partial charge in [0.25, 0.3) is 5.91 Å². The third kappa shape index (κ3) is 5.42. The van der Waals surface area contributed by atoms with Gasteiger partial charge in [0.1, 0.15) is 18.0 Å². The lowest BCUT2D eigenvalue weighted by molar-refractivity contribution is -0.781. The number of hydrogen-bond donors (Lipinski definition) is 2. The van der Waals surface area contributed by atoms with E-state index in [1.807, 2.05) is 18.2 Å². The Hall–Kier alpha value is -3.71. The van der Waals surface area contributed by atoms with Crippen LogP contribution in [0.2, 0.25) is 0 Å². The first-order valence-electron chi connectivity index (χ1n) is 9.46. The fourth-order valence-electron chi connectivity index (χ4n) is 2.96. The van der Waals surface area contributed by atoms with Crippen molar-refractivity contribution < 1.29 is 24.0 Å². The Labute approximate surface area is 175 Å². The number of quaternary nitrogens is 1. The van der Waals surface area contributed by atoms with Gasteiger partial charge >= 0.3 is 0 Å². The van der Waals surface area contributed by atoms with Gasteiger partial charge in [0, 0.05) is 11.1 Å². The predicted octanol–water partition coefficient (Wildman–Crippen LogP) is 1.58. The van der Waals surface area contributed by atoms with E-state index in [9.17, 15) is 9.59 Å². The van der Waals surface area contributed by atoms with Crippen LogP contribution in [0.1, 0.15) is 15.9 Å². The molecule has 7 nitrogen and oxygen atoms in total. The SMILES string of the molecule is COc1ccc(OC)c(/C=N/NC(=O)C2C=C[NH+](CC(=O)c3ccccc3)C=C2)c1. The van der Waals surface area contributed by atoms with Crippen LogP contribution in [0.4, 0.5) is 0 Å². The number of ether oxygens (including phenoxy) is 2. The smallest absolute Gasteiger partial charge is 0.251 e. The van der Waals surface area contributed by atoms with E-state index in [4.69, 9.17) is 9.47 Å². The van der Waals surface area contributed by atoms with E-state index in [2.05, 4.69) is 10.5 Å². The lowest BCUT2D eigenvalue weighted by Crippen LogP contribution is -3.04. The zero-order chi connectivity index (χ0) is 21.3. The number of ketones is 1. The number of Topliss-reactive ketones (excluding diaryl/α,β-unsaturated/α-hetero) is 1. The molecule has 0 saturated heterocycles. The van der Waals surface area contributed by atoms with Gasteiger partial charge in [-0.25, -0.2) is 5.43 Å². The molecule has 1 amide bonds. The molecule has 1 aliphatic rings. The molecule has 0 saturated carbocycles. The van der Waals surface area contributed by atoms with Gasteiger partial charge in [-0.05, 0) is 30.4 Å². The zero-order valence-corrected chi connectivity index (χ0v) is 16.9. The maximum Gasteiger partial charge on any atom is 0.251 e. The largest absolute Gasteiger partial charge is 0.497 e. The summed E-state index contributed by atoms with van der Waals surface area (Å²) in [6, 6.07) is 14.5. The van der Waals surface area contributed by atoms with Crippen molar-refractivity contribution in [2.75, 3.05) is 20.8 Å². The number of carbonyl (C=O) groups is 2. The number of hydrazone groups is 1. The Bertz CT molecular complexity index is 969. The maximum atomic E-state index is 12.4. The molecule has 0 unspecified atom stereocenters. The average Bonchev–Trinajstić information content (AvgIpc) is 2.80. The second-order valence-corrected chi connectivity index (χ2v) is 6.63. The van der Waals surface area contributed by atoms with E-state index in [0.717, 1.165) is 4.90 Å². The zero-order valence-electron chi connectivity index (χ0n) is 16.9. The molecular weight excluding hydrogens is 382 g/mol. The van der Waals surface area contributed by atoms with Crippen LogP contribution >= 0.6 is 0 Å². The number of amides is 1. The van der Waals surface area contributed by atoms with Crippen LogP contribution in [0, 0.1) is 5.92 Å². The summed E-state index contributed by atoms with van der Waals surface area (Å²) in [5.74, 6) is 0.599. The van der Waals surface area contributed by atoms with Crippen molar-refractivity contribution in [3.8, 4) is 11.5 Å². The second-order valence-electron chi connectivity index (χ2n) is 6.63. The fraction of sp³-hybridized carbons (Fsp3) is 0.174. The van der Waals surface area contributed by atoms with E-state index in [1.165, 1.54) is 6.21 Å². The van der Waals surface area contributed by atoms with Crippen LogP contribution in [0.15, 0.2) is 78.2 Å². The highest BCUT2D eigenvalue weighted by Crippen LogP contribution is 2.22. The highest BCUT2D eigenvalue weighted by atomic mass is 16.5. The number of benzene rings is 2. The molecule has 0 fully saturated rings. The molecule has 0 aliphatic carbocycles. The van der Waals surface area contributed by atoms with E-state index in [1.54, 1.807) is 69.1 Å². The number of nitrogens with zero attached hydrogens (tertiary/aromatic N) is 1. The van der Waals surface area contributed by atoms with Gasteiger partial charge in [-0.15, -0.1) is 0 Å². The van der Waals surface area contributed by atoms with E-state index in [0.29, 0.717) is 29.2 Å². The first-order chi connectivity index (χ1) is 14.6. The summed E-state index contributed by atoms with van der Waals surface area (Å²) in [6.45, 7) is 0.291. The van der Waals surface area contributed by atoms with Crippen molar-refractivity contribution in [1.29, 1.82) is 0 Å². The van der Waals surface area contributed by atoms with E-state index >= 15 is 0 Å². The summed E-state index contributed by atoms with van der Waals surface area (Å²) in [4.78, 5) is 25.5. The normalized spacial score (nSPS) is 17.7. The Morgan fingerprint density at radius 3 is 2.47 bits per heavy atom. The first kappa shape index (κ1) is 21.0. The molecule has 1 heterocycles. The molecule has 154 valence electrons. The first-order valence-corrected chi connectivity index (χ1v) is 9.46. The summed E-state index contributed by atoms with van der Waals surface area (Å²) in [5, 5.41) is 4.02. The second kappa shape index (κ2) is 10.2. The molecule has 3 rings (SSSR count). The number of carbonyl (C=O) groups excluding carboxylic acids is 2. The Morgan fingerprint density at radius 1 is 1.07 bits per heavy atom. The van der Waals surface area contributed by atoms with E-state index in [-0.39, 0.29) is 11.7 Å². The quantitative estimate of drug-likeness (QED) is 0.396. The minimum Gasteiger partial charge on any atom is -0.497 e. The molecule has 2 N–H and O–H groups in total. The van der Waals surface area contributed by atoms with Gasteiger partial charge in [0.15, 0.2) is 0 Å². The third-order valence-electron chi connectivity index (χ3n) is 4.61. The van der Waals surface area contributed by atoms with Crippen LogP contribution in [0.5, 0.6) is 11.5 Å². The fourth-order valence-corrected chi connectivity index (χ4v) is 2.96.